The Kier molecular flexibility index (Phi) is 19.0. The van der Waals surface area contributed by atoms with Gasteiger partial charge in [-0.3, -0.25) is 0 Å². The Morgan fingerprint density at radius 1 is 0.500 bits per heavy atom. The predicted molar refractivity (Wildman–Crippen MR) is 154 cm³/mol. The lowest BCUT2D eigenvalue weighted by atomic mass is 9.88. The summed E-state index contributed by atoms with van der Waals surface area (Å²) in [7, 11) is 4.35. The molecule has 2 aromatic rings. The molecule has 1 nitrogen and oxygen atoms in total. The van der Waals surface area contributed by atoms with Gasteiger partial charge in [0.2, 0.25) is 0 Å². The normalized spacial score (nSPS) is 11.2. The predicted octanol–water partition coefficient (Wildman–Crippen LogP) is 9.53. The van der Waals surface area contributed by atoms with Crippen molar-refractivity contribution in [1.82, 2.24) is 4.90 Å². The van der Waals surface area contributed by atoms with Gasteiger partial charge in [-0.2, -0.15) is 0 Å². The summed E-state index contributed by atoms with van der Waals surface area (Å²) in [5.74, 6) is 0.762. The molecule has 0 aliphatic rings. The number of nitrogens with zero attached hydrogens (tertiary/aromatic N) is 1. The second kappa shape index (κ2) is 21.0. The largest absolute Gasteiger partial charge is 0.309 e. The molecule has 0 heterocycles. The number of halogens is 1. The van der Waals surface area contributed by atoms with Crippen LogP contribution < -0.4 is 0 Å². The van der Waals surface area contributed by atoms with Gasteiger partial charge in [0.05, 0.1) is 0 Å². The van der Waals surface area contributed by atoms with Crippen molar-refractivity contribution in [2.45, 2.75) is 103 Å². The summed E-state index contributed by atoms with van der Waals surface area (Å²) in [6, 6.07) is 22.2. The van der Waals surface area contributed by atoms with Crippen LogP contribution in [0.5, 0.6) is 0 Å². The Morgan fingerprint density at radius 2 is 0.853 bits per heavy atom. The zero-order valence-electron chi connectivity index (χ0n) is 22.2. The molecule has 0 saturated carbocycles. The third-order valence-corrected chi connectivity index (χ3v) is 6.95. The van der Waals surface area contributed by atoms with E-state index in [0.717, 1.165) is 5.92 Å². The molecular weight excluding hydrogens is 434 g/mol. The Balaban J connectivity index is 0.00000578. The van der Waals surface area contributed by atoms with Crippen LogP contribution >= 0.6 is 12.4 Å². The molecule has 0 atom stereocenters. The van der Waals surface area contributed by atoms with Crippen molar-refractivity contribution < 1.29 is 0 Å². The Morgan fingerprint density at radius 3 is 1.24 bits per heavy atom. The van der Waals surface area contributed by atoms with E-state index in [2.05, 4.69) is 79.7 Å². The number of rotatable bonds is 20. The van der Waals surface area contributed by atoms with E-state index in [1.54, 1.807) is 0 Å². The van der Waals surface area contributed by atoms with Crippen LogP contribution in [0, 0.1) is 5.92 Å². The van der Waals surface area contributed by atoms with Gasteiger partial charge in [0.1, 0.15) is 0 Å². The second-order valence-corrected chi connectivity index (χ2v) is 10.4. The smallest absolute Gasteiger partial charge is 0.00248 e. The van der Waals surface area contributed by atoms with Gasteiger partial charge in [-0.15, -0.1) is 12.4 Å². The topological polar surface area (TPSA) is 3.24 Å². The van der Waals surface area contributed by atoms with Crippen LogP contribution in [-0.2, 0) is 12.8 Å². The quantitative estimate of drug-likeness (QED) is 0.169. The van der Waals surface area contributed by atoms with Crippen LogP contribution in [0.15, 0.2) is 60.7 Å². The van der Waals surface area contributed by atoms with E-state index in [4.69, 9.17) is 0 Å². The van der Waals surface area contributed by atoms with Gasteiger partial charge in [0.15, 0.2) is 0 Å². The van der Waals surface area contributed by atoms with Crippen LogP contribution in [-0.4, -0.2) is 25.5 Å². The lowest BCUT2D eigenvalue weighted by molar-refractivity contribution is 0.389. The van der Waals surface area contributed by atoms with Crippen molar-refractivity contribution in [3.63, 3.8) is 0 Å². The average molecular weight is 486 g/mol. The van der Waals surface area contributed by atoms with Crippen molar-refractivity contribution in [2.24, 2.45) is 5.92 Å². The summed E-state index contributed by atoms with van der Waals surface area (Å²) in [4.78, 5) is 2.30. The third-order valence-electron chi connectivity index (χ3n) is 6.95. The van der Waals surface area contributed by atoms with Gasteiger partial charge < -0.3 is 4.90 Å². The molecule has 2 rings (SSSR count). The van der Waals surface area contributed by atoms with E-state index in [1.165, 1.54) is 120 Å². The summed E-state index contributed by atoms with van der Waals surface area (Å²) < 4.78 is 0. The Labute approximate surface area is 218 Å². The summed E-state index contributed by atoms with van der Waals surface area (Å²) in [6.07, 6.45) is 22.4. The average Bonchev–Trinajstić information content (AvgIpc) is 2.82. The first-order valence-corrected chi connectivity index (χ1v) is 14.0. The number of benzene rings is 2. The monoisotopic (exact) mass is 485 g/mol. The molecule has 2 aromatic carbocycles. The molecule has 0 unspecified atom stereocenters. The van der Waals surface area contributed by atoms with E-state index in [0.29, 0.717) is 0 Å². The van der Waals surface area contributed by atoms with Crippen LogP contribution in [0.25, 0.3) is 0 Å². The number of hydrogen-bond acceptors (Lipinski definition) is 1. The van der Waals surface area contributed by atoms with Crippen LogP contribution in [0.3, 0.4) is 0 Å². The summed E-state index contributed by atoms with van der Waals surface area (Å²) in [5, 5.41) is 0. The Bertz CT molecular complexity index is 628. The van der Waals surface area contributed by atoms with Crippen LogP contribution in [0.1, 0.15) is 101 Å². The van der Waals surface area contributed by atoms with Gasteiger partial charge in [0, 0.05) is 0 Å². The van der Waals surface area contributed by atoms with E-state index >= 15 is 0 Å². The number of unbranched alkanes of at least 4 members (excludes halogenated alkanes) is 12. The first kappa shape index (κ1) is 30.7. The molecule has 0 amide bonds. The van der Waals surface area contributed by atoms with Crippen molar-refractivity contribution in [1.29, 1.82) is 0 Å². The van der Waals surface area contributed by atoms with E-state index < -0.39 is 0 Å². The van der Waals surface area contributed by atoms with Gasteiger partial charge in [-0.05, 0) is 63.4 Å². The molecular formula is C32H52ClN. The molecule has 34 heavy (non-hydrogen) atoms. The highest BCUT2D eigenvalue weighted by Gasteiger charge is 2.11. The summed E-state index contributed by atoms with van der Waals surface area (Å²) in [5.41, 5.74) is 2.99. The lowest BCUT2D eigenvalue weighted by Gasteiger charge is -2.17. The molecule has 0 fully saturated rings. The molecule has 0 radical (unpaired) electrons. The molecule has 0 spiro atoms. The zero-order chi connectivity index (χ0) is 23.4. The Hall–Kier alpha value is -1.31. The lowest BCUT2D eigenvalue weighted by Crippen LogP contribution is -2.12. The minimum Gasteiger partial charge on any atom is -0.309 e. The SMILES string of the molecule is CN(C)CCCCCCCCCCCCCCCC(Cc1ccccc1)Cc1ccccc1.Cl. The van der Waals surface area contributed by atoms with Gasteiger partial charge in [-0.25, -0.2) is 0 Å². The zero-order valence-corrected chi connectivity index (χ0v) is 23.0. The van der Waals surface area contributed by atoms with Gasteiger partial charge >= 0.3 is 0 Å². The second-order valence-electron chi connectivity index (χ2n) is 10.4. The summed E-state index contributed by atoms with van der Waals surface area (Å²) in [6.45, 7) is 1.25. The minimum atomic E-state index is 0. The maximum absolute atomic E-state index is 2.30. The van der Waals surface area contributed by atoms with Crippen molar-refractivity contribution in [2.75, 3.05) is 20.6 Å². The first-order chi connectivity index (χ1) is 16.2. The highest BCUT2D eigenvalue weighted by atomic mass is 35.5. The van der Waals surface area contributed by atoms with Crippen LogP contribution in [0.4, 0.5) is 0 Å². The van der Waals surface area contributed by atoms with E-state index in [1.807, 2.05) is 0 Å². The maximum atomic E-state index is 2.30. The fourth-order valence-corrected chi connectivity index (χ4v) is 4.98. The highest BCUT2D eigenvalue weighted by molar-refractivity contribution is 5.85. The van der Waals surface area contributed by atoms with Gasteiger partial charge in [0.25, 0.3) is 0 Å². The molecule has 0 aliphatic heterocycles. The molecule has 0 bridgehead atoms. The molecule has 0 N–H and O–H groups in total. The highest BCUT2D eigenvalue weighted by Crippen LogP contribution is 2.21. The summed E-state index contributed by atoms with van der Waals surface area (Å²) >= 11 is 0. The van der Waals surface area contributed by atoms with Crippen LogP contribution in [0.2, 0.25) is 0 Å². The molecule has 0 aliphatic carbocycles. The minimum absolute atomic E-state index is 0. The molecule has 0 aromatic heterocycles. The van der Waals surface area contributed by atoms with Crippen molar-refractivity contribution in [3.05, 3.63) is 71.8 Å². The fraction of sp³-hybridized carbons (Fsp3) is 0.625. The van der Waals surface area contributed by atoms with E-state index in [9.17, 15) is 0 Å². The fourth-order valence-electron chi connectivity index (χ4n) is 4.98. The van der Waals surface area contributed by atoms with Crippen molar-refractivity contribution >= 4 is 12.4 Å². The van der Waals surface area contributed by atoms with Gasteiger partial charge in [-0.1, -0.05) is 138 Å². The van der Waals surface area contributed by atoms with E-state index in [-0.39, 0.29) is 12.4 Å². The standard InChI is InChI=1S/C32H51N.ClH/c1-33(2)27-21-13-11-9-7-5-3-4-6-8-10-12-16-26-32(28-30-22-17-14-18-23-30)29-31-24-19-15-20-25-31;/h14-15,17-20,22-25,32H,3-13,16,21,26-29H2,1-2H3;1H. The number of hydrogen-bond donors (Lipinski definition) is 0. The molecule has 0 saturated heterocycles. The molecule has 2 heteroatoms. The third kappa shape index (κ3) is 16.3. The van der Waals surface area contributed by atoms with Crippen molar-refractivity contribution in [3.8, 4) is 0 Å². The first-order valence-electron chi connectivity index (χ1n) is 14.0. The maximum Gasteiger partial charge on any atom is -0.00248 e. The molecule has 192 valence electrons.